The molecule has 0 aromatic rings. The zero-order valence-electron chi connectivity index (χ0n) is 13.1. The van der Waals surface area contributed by atoms with Gasteiger partial charge in [0.1, 0.15) is 0 Å². The first kappa shape index (κ1) is 18.2. The molecule has 0 radical (unpaired) electrons. The van der Waals surface area contributed by atoms with Crippen molar-refractivity contribution in [3.05, 3.63) is 0 Å². The van der Waals surface area contributed by atoms with Crippen molar-refractivity contribution in [1.82, 2.24) is 15.5 Å². The summed E-state index contributed by atoms with van der Waals surface area (Å²) in [4.78, 5) is 26.0. The lowest BCUT2D eigenvalue weighted by Crippen LogP contribution is -2.41. The molecule has 2 rings (SSSR count). The molecule has 2 amide bonds. The largest absolute Gasteiger partial charge is 0.354 e. The van der Waals surface area contributed by atoms with Crippen LogP contribution in [0.2, 0.25) is 0 Å². The monoisotopic (exact) mass is 317 g/mol. The normalized spacial score (nSPS) is 26.6. The number of carbonyl (C=O) groups is 2. The van der Waals surface area contributed by atoms with Crippen LogP contribution in [0, 0.1) is 5.92 Å². The molecular weight excluding hydrogens is 290 g/mol. The molecule has 0 bridgehead atoms. The Kier molecular flexibility index (Phi) is 7.46. The molecule has 2 saturated heterocycles. The predicted octanol–water partition coefficient (Wildman–Crippen LogP) is 1.31. The minimum absolute atomic E-state index is 0. The summed E-state index contributed by atoms with van der Waals surface area (Å²) < 4.78 is 0. The van der Waals surface area contributed by atoms with Gasteiger partial charge in [-0.2, -0.15) is 0 Å². The maximum absolute atomic E-state index is 12.2. The predicted molar refractivity (Wildman–Crippen MR) is 85.5 cm³/mol. The Balaban J connectivity index is 0.00000220. The lowest BCUT2D eigenvalue weighted by atomic mass is 10.1. The summed E-state index contributed by atoms with van der Waals surface area (Å²) in [7, 11) is 0. The van der Waals surface area contributed by atoms with Gasteiger partial charge in [0, 0.05) is 31.6 Å². The lowest BCUT2D eigenvalue weighted by Gasteiger charge is -2.24. The number of nitrogens with one attached hydrogen (secondary N) is 2. The first-order valence-electron chi connectivity index (χ1n) is 7.92. The van der Waals surface area contributed by atoms with E-state index in [9.17, 15) is 9.59 Å². The number of hydrogen-bond donors (Lipinski definition) is 2. The van der Waals surface area contributed by atoms with Gasteiger partial charge in [-0.3, -0.25) is 9.59 Å². The van der Waals surface area contributed by atoms with Gasteiger partial charge in [-0.25, -0.2) is 0 Å². The summed E-state index contributed by atoms with van der Waals surface area (Å²) in [6.07, 6.45) is 4.76. The molecule has 3 atom stereocenters. The summed E-state index contributed by atoms with van der Waals surface area (Å²) in [6, 6.07) is 0.660. The highest BCUT2D eigenvalue weighted by atomic mass is 35.5. The quantitative estimate of drug-likeness (QED) is 0.776. The molecule has 21 heavy (non-hydrogen) atoms. The Hall–Kier alpha value is -0.810. The van der Waals surface area contributed by atoms with Crippen molar-refractivity contribution in [3.63, 3.8) is 0 Å². The van der Waals surface area contributed by atoms with Crippen molar-refractivity contribution >= 4 is 24.2 Å². The van der Waals surface area contributed by atoms with Crippen LogP contribution in [0.5, 0.6) is 0 Å². The zero-order chi connectivity index (χ0) is 14.5. The second-order valence-electron chi connectivity index (χ2n) is 6.12. The van der Waals surface area contributed by atoms with Crippen LogP contribution in [0.3, 0.4) is 0 Å². The molecular formula is C15H28ClN3O2. The lowest BCUT2D eigenvalue weighted by molar-refractivity contribution is -0.130. The number of amides is 2. The summed E-state index contributed by atoms with van der Waals surface area (Å²) in [5, 5.41) is 6.36. The maximum Gasteiger partial charge on any atom is 0.225 e. The Morgan fingerprint density at radius 1 is 1.52 bits per heavy atom. The van der Waals surface area contributed by atoms with Gasteiger partial charge in [0.15, 0.2) is 0 Å². The van der Waals surface area contributed by atoms with Gasteiger partial charge in [-0.05, 0) is 32.7 Å². The second-order valence-corrected chi connectivity index (χ2v) is 6.12. The average Bonchev–Trinajstić information content (AvgIpc) is 3.05. The fourth-order valence-corrected chi connectivity index (χ4v) is 3.21. The molecule has 2 fully saturated rings. The van der Waals surface area contributed by atoms with Gasteiger partial charge in [0.2, 0.25) is 11.8 Å². The van der Waals surface area contributed by atoms with Gasteiger partial charge in [0.25, 0.3) is 0 Å². The number of carbonyl (C=O) groups excluding carboxylic acids is 2. The highest BCUT2D eigenvalue weighted by Crippen LogP contribution is 2.22. The van der Waals surface area contributed by atoms with Crippen molar-refractivity contribution in [3.8, 4) is 0 Å². The van der Waals surface area contributed by atoms with E-state index in [4.69, 9.17) is 0 Å². The van der Waals surface area contributed by atoms with Crippen molar-refractivity contribution in [2.45, 2.75) is 58.0 Å². The molecule has 0 aromatic carbocycles. The fraction of sp³-hybridized carbons (Fsp3) is 0.867. The molecule has 5 nitrogen and oxygen atoms in total. The summed E-state index contributed by atoms with van der Waals surface area (Å²) >= 11 is 0. The van der Waals surface area contributed by atoms with Crippen LogP contribution in [0.4, 0.5) is 0 Å². The molecule has 0 aliphatic carbocycles. The van der Waals surface area contributed by atoms with E-state index in [0.717, 1.165) is 25.8 Å². The van der Waals surface area contributed by atoms with E-state index >= 15 is 0 Å². The first-order chi connectivity index (χ1) is 9.61. The van der Waals surface area contributed by atoms with E-state index in [1.807, 2.05) is 4.90 Å². The van der Waals surface area contributed by atoms with Crippen LogP contribution in [-0.4, -0.2) is 48.4 Å². The molecule has 2 aliphatic heterocycles. The van der Waals surface area contributed by atoms with Crippen LogP contribution in [0.15, 0.2) is 0 Å². The average molecular weight is 318 g/mol. The summed E-state index contributed by atoms with van der Waals surface area (Å²) in [6.45, 7) is 6.52. The number of likely N-dealkylation sites (tertiary alicyclic amines) is 1. The summed E-state index contributed by atoms with van der Waals surface area (Å²) in [5.41, 5.74) is 0. The Morgan fingerprint density at radius 3 is 2.90 bits per heavy atom. The van der Waals surface area contributed by atoms with Crippen LogP contribution in [0.1, 0.15) is 46.0 Å². The Morgan fingerprint density at radius 2 is 2.29 bits per heavy atom. The third-order valence-corrected chi connectivity index (χ3v) is 4.45. The molecule has 2 N–H and O–H groups in total. The van der Waals surface area contributed by atoms with E-state index < -0.39 is 0 Å². The van der Waals surface area contributed by atoms with E-state index in [1.165, 1.54) is 6.42 Å². The minimum Gasteiger partial charge on any atom is -0.354 e. The van der Waals surface area contributed by atoms with E-state index in [1.54, 1.807) is 0 Å². The molecule has 0 aromatic heterocycles. The van der Waals surface area contributed by atoms with Gasteiger partial charge >= 0.3 is 0 Å². The first-order valence-corrected chi connectivity index (χ1v) is 7.92. The number of nitrogens with zero attached hydrogens (tertiary/aromatic N) is 1. The van der Waals surface area contributed by atoms with E-state index in [-0.39, 0.29) is 36.2 Å². The third-order valence-electron chi connectivity index (χ3n) is 4.45. The van der Waals surface area contributed by atoms with Gasteiger partial charge < -0.3 is 15.5 Å². The number of hydrogen-bond acceptors (Lipinski definition) is 3. The highest BCUT2D eigenvalue weighted by molar-refractivity contribution is 5.89. The number of halogens is 1. The molecule has 0 spiro atoms. The standard InChI is InChI=1S/C15H27N3O2.ClH/c1-3-5-11(2)18-10-12(8-14(18)19)15(20)17-9-13-6-4-7-16-13;/h11-13,16H,3-10H2,1-2H3,(H,17,20);1H. The molecule has 2 aliphatic rings. The third kappa shape index (κ3) is 4.85. The zero-order valence-corrected chi connectivity index (χ0v) is 13.9. The molecule has 3 unspecified atom stereocenters. The van der Waals surface area contributed by atoms with Crippen molar-refractivity contribution in [2.24, 2.45) is 5.92 Å². The Labute approximate surface area is 133 Å². The van der Waals surface area contributed by atoms with Crippen LogP contribution >= 0.6 is 12.4 Å². The molecule has 6 heteroatoms. The van der Waals surface area contributed by atoms with Gasteiger partial charge in [0.05, 0.1) is 5.92 Å². The molecule has 122 valence electrons. The van der Waals surface area contributed by atoms with Gasteiger partial charge in [-0.15, -0.1) is 12.4 Å². The smallest absolute Gasteiger partial charge is 0.225 e. The minimum atomic E-state index is -0.164. The Bertz CT molecular complexity index is 359. The van der Waals surface area contributed by atoms with Crippen LogP contribution < -0.4 is 10.6 Å². The van der Waals surface area contributed by atoms with Crippen molar-refractivity contribution in [1.29, 1.82) is 0 Å². The molecule has 0 saturated carbocycles. The topological polar surface area (TPSA) is 61.4 Å². The summed E-state index contributed by atoms with van der Waals surface area (Å²) in [5.74, 6) is 0.00606. The van der Waals surface area contributed by atoms with Gasteiger partial charge in [-0.1, -0.05) is 13.3 Å². The van der Waals surface area contributed by atoms with Crippen molar-refractivity contribution in [2.75, 3.05) is 19.6 Å². The fourth-order valence-electron chi connectivity index (χ4n) is 3.21. The van der Waals surface area contributed by atoms with Crippen LogP contribution in [-0.2, 0) is 9.59 Å². The van der Waals surface area contributed by atoms with Crippen LogP contribution in [0.25, 0.3) is 0 Å². The highest BCUT2D eigenvalue weighted by Gasteiger charge is 2.36. The second kappa shape index (κ2) is 8.59. The SMILES string of the molecule is CCCC(C)N1CC(C(=O)NCC2CCCN2)CC1=O.Cl. The van der Waals surface area contributed by atoms with E-state index in [0.29, 0.717) is 25.6 Å². The number of rotatable bonds is 6. The van der Waals surface area contributed by atoms with Crippen molar-refractivity contribution < 1.29 is 9.59 Å². The maximum atomic E-state index is 12.2. The van der Waals surface area contributed by atoms with E-state index in [2.05, 4.69) is 24.5 Å². The molecule has 2 heterocycles.